The highest BCUT2D eigenvalue weighted by Gasteiger charge is 2.24. The van der Waals surface area contributed by atoms with E-state index in [4.69, 9.17) is 9.84 Å². The third-order valence-electron chi connectivity index (χ3n) is 2.46. The molecule has 0 spiro atoms. The number of carboxylic acid groups (broad SMARTS) is 1. The zero-order valence-electron chi connectivity index (χ0n) is 10.9. The van der Waals surface area contributed by atoms with Crippen LogP contribution in [0.1, 0.15) is 13.3 Å². The fraction of sp³-hybridized carbons (Fsp3) is 0.385. The summed E-state index contributed by atoms with van der Waals surface area (Å²) in [5, 5.41) is 20.3. The van der Waals surface area contributed by atoms with Gasteiger partial charge >= 0.3 is 5.97 Å². The molecule has 0 aliphatic carbocycles. The van der Waals surface area contributed by atoms with Gasteiger partial charge in [0.05, 0.1) is 19.1 Å². The first-order chi connectivity index (χ1) is 9.40. The van der Waals surface area contributed by atoms with Crippen molar-refractivity contribution in [3.05, 3.63) is 28.7 Å². The number of carbonyl (C=O) groups excluding carboxylic acids is 1. The van der Waals surface area contributed by atoms with Gasteiger partial charge in [0.1, 0.15) is 5.75 Å². The minimum atomic E-state index is -1.31. The summed E-state index contributed by atoms with van der Waals surface area (Å²) in [6, 6.07) is 5.84. The molecular weight excluding hydrogens is 330 g/mol. The van der Waals surface area contributed by atoms with Crippen molar-refractivity contribution in [1.82, 2.24) is 5.32 Å². The highest BCUT2D eigenvalue weighted by atomic mass is 79.9. The van der Waals surface area contributed by atoms with Gasteiger partial charge in [-0.25, -0.2) is 4.79 Å². The molecule has 1 aromatic rings. The molecule has 0 aliphatic heterocycles. The number of carbonyl (C=O) groups is 2. The number of ether oxygens (including phenoxy) is 1. The summed E-state index contributed by atoms with van der Waals surface area (Å²) >= 11 is 3.30. The number of amides is 1. The van der Waals surface area contributed by atoms with Gasteiger partial charge in [0, 0.05) is 4.47 Å². The Balaban J connectivity index is 2.38. The number of carboxylic acids is 1. The number of aliphatic hydroxyl groups is 1. The Morgan fingerprint density at radius 3 is 2.70 bits per heavy atom. The number of rotatable bonds is 7. The van der Waals surface area contributed by atoms with Gasteiger partial charge in [-0.3, -0.25) is 4.79 Å². The van der Waals surface area contributed by atoms with Gasteiger partial charge in [0.15, 0.2) is 6.04 Å². The van der Waals surface area contributed by atoms with Crippen molar-refractivity contribution in [3.8, 4) is 5.75 Å². The van der Waals surface area contributed by atoms with Crippen molar-refractivity contribution in [1.29, 1.82) is 0 Å². The predicted molar refractivity (Wildman–Crippen MR) is 75.5 cm³/mol. The standard InChI is InChI=1S/C13H16BrNO5/c1-8(16)12(13(18)19)15-11(17)5-6-20-10-4-2-3-9(14)7-10/h2-4,7-8,12,16H,5-6H2,1H3,(H,15,17)(H,18,19)/t8-,12+/m1/s1. The molecule has 1 aromatic carbocycles. The molecule has 3 N–H and O–H groups in total. The fourth-order valence-corrected chi connectivity index (χ4v) is 1.83. The third kappa shape index (κ3) is 5.58. The maximum atomic E-state index is 11.5. The van der Waals surface area contributed by atoms with Gasteiger partial charge in [-0.05, 0) is 25.1 Å². The maximum Gasteiger partial charge on any atom is 0.328 e. The molecule has 2 atom stereocenters. The molecule has 1 amide bonds. The topological polar surface area (TPSA) is 95.9 Å². The van der Waals surface area contributed by atoms with Crippen molar-refractivity contribution in [2.24, 2.45) is 0 Å². The van der Waals surface area contributed by atoms with Crippen LogP contribution in [0, 0.1) is 0 Å². The van der Waals surface area contributed by atoms with Crippen molar-refractivity contribution in [3.63, 3.8) is 0 Å². The van der Waals surface area contributed by atoms with Gasteiger partial charge in [0.2, 0.25) is 5.91 Å². The van der Waals surface area contributed by atoms with Crippen LogP contribution in [0.15, 0.2) is 28.7 Å². The highest BCUT2D eigenvalue weighted by Crippen LogP contribution is 2.17. The lowest BCUT2D eigenvalue weighted by Crippen LogP contribution is -2.47. The molecule has 0 radical (unpaired) electrons. The van der Waals surface area contributed by atoms with Crippen LogP contribution < -0.4 is 10.1 Å². The first kappa shape index (κ1) is 16.5. The van der Waals surface area contributed by atoms with Crippen molar-refractivity contribution in [2.75, 3.05) is 6.61 Å². The van der Waals surface area contributed by atoms with E-state index in [1.165, 1.54) is 6.92 Å². The van der Waals surface area contributed by atoms with Crippen molar-refractivity contribution >= 4 is 27.8 Å². The minimum Gasteiger partial charge on any atom is -0.493 e. The minimum absolute atomic E-state index is 0.00299. The number of hydrogen-bond donors (Lipinski definition) is 3. The first-order valence-corrected chi connectivity index (χ1v) is 6.78. The molecule has 0 fully saturated rings. The Labute approximate surface area is 124 Å². The molecule has 0 saturated carbocycles. The van der Waals surface area contributed by atoms with Gasteiger partial charge < -0.3 is 20.3 Å². The van der Waals surface area contributed by atoms with Crippen molar-refractivity contribution < 1.29 is 24.5 Å². The van der Waals surface area contributed by atoms with Crippen molar-refractivity contribution in [2.45, 2.75) is 25.5 Å². The summed E-state index contributed by atoms with van der Waals surface area (Å²) in [7, 11) is 0. The lowest BCUT2D eigenvalue weighted by Gasteiger charge is -2.17. The Morgan fingerprint density at radius 1 is 1.45 bits per heavy atom. The van der Waals surface area contributed by atoms with E-state index in [-0.39, 0.29) is 13.0 Å². The smallest absolute Gasteiger partial charge is 0.328 e. The SMILES string of the molecule is C[C@@H](O)[C@H](NC(=O)CCOc1cccc(Br)c1)C(=O)O. The highest BCUT2D eigenvalue weighted by molar-refractivity contribution is 9.10. The maximum absolute atomic E-state index is 11.5. The Hall–Kier alpha value is -1.60. The normalized spacial score (nSPS) is 13.3. The van der Waals surface area contributed by atoms with Crippen LogP contribution in [-0.2, 0) is 9.59 Å². The van der Waals surface area contributed by atoms with E-state index in [1.807, 2.05) is 6.07 Å². The molecule has 0 saturated heterocycles. The Bertz CT molecular complexity index is 478. The summed E-state index contributed by atoms with van der Waals surface area (Å²) in [5.41, 5.74) is 0. The molecule has 110 valence electrons. The molecule has 7 heteroatoms. The van der Waals surface area contributed by atoms with E-state index in [0.29, 0.717) is 5.75 Å². The summed E-state index contributed by atoms with van der Waals surface area (Å²) < 4.78 is 6.22. The lowest BCUT2D eigenvalue weighted by molar-refractivity contribution is -0.144. The van der Waals surface area contributed by atoms with Crippen LogP contribution in [0.2, 0.25) is 0 Å². The summed E-state index contributed by atoms with van der Waals surface area (Å²) in [5.74, 6) is -1.16. The van der Waals surface area contributed by atoms with Crippen LogP contribution in [0.25, 0.3) is 0 Å². The molecule has 20 heavy (non-hydrogen) atoms. The van der Waals surface area contributed by atoms with E-state index >= 15 is 0 Å². The lowest BCUT2D eigenvalue weighted by atomic mass is 10.2. The van der Waals surface area contributed by atoms with E-state index in [9.17, 15) is 14.7 Å². The van der Waals surface area contributed by atoms with Gasteiger partial charge in [-0.1, -0.05) is 22.0 Å². The van der Waals surface area contributed by atoms with Gasteiger partial charge in [0.25, 0.3) is 0 Å². The number of aliphatic hydroxyl groups excluding tert-OH is 1. The van der Waals surface area contributed by atoms with Crippen LogP contribution in [0.5, 0.6) is 5.75 Å². The molecule has 0 bridgehead atoms. The second-order valence-corrected chi connectivity index (χ2v) is 5.10. The third-order valence-corrected chi connectivity index (χ3v) is 2.95. The summed E-state index contributed by atoms with van der Waals surface area (Å²) in [6.45, 7) is 1.42. The average Bonchev–Trinajstić information content (AvgIpc) is 2.35. The molecule has 0 unspecified atom stereocenters. The first-order valence-electron chi connectivity index (χ1n) is 5.98. The van der Waals surface area contributed by atoms with Crippen LogP contribution in [0.4, 0.5) is 0 Å². The molecule has 1 rings (SSSR count). The number of nitrogens with one attached hydrogen (secondary N) is 1. The monoisotopic (exact) mass is 345 g/mol. The molecule has 0 aliphatic rings. The molecule has 0 heterocycles. The van der Waals surface area contributed by atoms with Crippen LogP contribution in [0.3, 0.4) is 0 Å². The Kier molecular flexibility index (Phi) is 6.47. The van der Waals surface area contributed by atoms with E-state index in [1.54, 1.807) is 18.2 Å². The number of hydrogen-bond acceptors (Lipinski definition) is 4. The molecule has 6 nitrogen and oxygen atoms in total. The van der Waals surface area contributed by atoms with E-state index < -0.39 is 24.0 Å². The summed E-state index contributed by atoms with van der Waals surface area (Å²) in [4.78, 5) is 22.3. The van der Waals surface area contributed by atoms with Gasteiger partial charge in [-0.2, -0.15) is 0 Å². The average molecular weight is 346 g/mol. The van der Waals surface area contributed by atoms with E-state index in [2.05, 4.69) is 21.2 Å². The molecular formula is C13H16BrNO5. The second kappa shape index (κ2) is 7.86. The largest absolute Gasteiger partial charge is 0.493 e. The predicted octanol–water partition coefficient (Wildman–Crippen LogP) is 1.17. The van der Waals surface area contributed by atoms with Crippen LogP contribution >= 0.6 is 15.9 Å². The van der Waals surface area contributed by atoms with Gasteiger partial charge in [-0.15, -0.1) is 0 Å². The quantitative estimate of drug-likeness (QED) is 0.689. The number of aliphatic carboxylic acids is 1. The van der Waals surface area contributed by atoms with Crippen LogP contribution in [-0.4, -0.2) is 40.8 Å². The Morgan fingerprint density at radius 2 is 2.15 bits per heavy atom. The number of benzene rings is 1. The second-order valence-electron chi connectivity index (χ2n) is 4.18. The molecule has 0 aromatic heterocycles. The fourth-order valence-electron chi connectivity index (χ4n) is 1.45. The number of halogens is 1. The van der Waals surface area contributed by atoms with E-state index in [0.717, 1.165) is 4.47 Å². The summed E-state index contributed by atoms with van der Waals surface area (Å²) in [6.07, 6.45) is -1.16. The zero-order chi connectivity index (χ0) is 15.1. The zero-order valence-corrected chi connectivity index (χ0v) is 12.5.